The number of hydrogen-bond acceptors (Lipinski definition) is 4. The largest absolute Gasteiger partial charge is 0.383 e. The highest BCUT2D eigenvalue weighted by Crippen LogP contribution is 2.25. The number of likely N-dealkylation sites (N-methyl/N-ethyl adjacent to an activating group) is 1. The zero-order valence-electron chi connectivity index (χ0n) is 12.9. The van der Waals surface area contributed by atoms with E-state index in [1.807, 2.05) is 0 Å². The summed E-state index contributed by atoms with van der Waals surface area (Å²) in [6.45, 7) is 4.31. The summed E-state index contributed by atoms with van der Waals surface area (Å²) in [5, 5.41) is 3.36. The lowest BCUT2D eigenvalue weighted by Crippen LogP contribution is -2.28. The minimum absolute atomic E-state index is 0.379. The topological polar surface area (TPSA) is 33.7 Å². The molecule has 1 heterocycles. The first kappa shape index (κ1) is 16.7. The Bertz CT molecular complexity index is 436. The standard InChI is InChI=1S/C16H25BrN2O2/c1-19(12-15-4-3-8-21-15)14-6-5-13(16(17)10-14)11-18-7-9-20-2/h5-6,10,15,18H,3-4,7-9,11-12H2,1-2H3. The molecule has 5 heteroatoms. The summed E-state index contributed by atoms with van der Waals surface area (Å²) in [5.41, 5.74) is 2.48. The van der Waals surface area contributed by atoms with Crippen LogP contribution in [0, 0.1) is 0 Å². The minimum atomic E-state index is 0.379. The summed E-state index contributed by atoms with van der Waals surface area (Å²) in [7, 11) is 3.84. The molecule has 1 aromatic carbocycles. The summed E-state index contributed by atoms with van der Waals surface area (Å²) in [6, 6.07) is 6.53. The Morgan fingerprint density at radius 2 is 2.33 bits per heavy atom. The molecule has 0 aromatic heterocycles. The molecule has 0 aliphatic carbocycles. The third-order valence-electron chi connectivity index (χ3n) is 3.78. The molecule has 2 rings (SSSR count). The molecule has 1 aliphatic heterocycles. The quantitative estimate of drug-likeness (QED) is 0.726. The average molecular weight is 357 g/mol. The summed E-state index contributed by atoms with van der Waals surface area (Å²) >= 11 is 3.67. The first-order chi connectivity index (χ1) is 10.2. The van der Waals surface area contributed by atoms with Crippen LogP contribution in [0.5, 0.6) is 0 Å². The molecule has 1 fully saturated rings. The van der Waals surface area contributed by atoms with Crippen molar-refractivity contribution in [2.75, 3.05) is 45.4 Å². The van der Waals surface area contributed by atoms with E-state index in [-0.39, 0.29) is 0 Å². The van der Waals surface area contributed by atoms with E-state index in [0.717, 1.165) is 37.3 Å². The summed E-state index contributed by atoms with van der Waals surface area (Å²) in [6.07, 6.45) is 2.74. The van der Waals surface area contributed by atoms with Crippen LogP contribution in [-0.2, 0) is 16.0 Å². The monoisotopic (exact) mass is 356 g/mol. The molecule has 0 radical (unpaired) electrons. The van der Waals surface area contributed by atoms with Crippen LogP contribution >= 0.6 is 15.9 Å². The Hall–Kier alpha value is -0.620. The maximum absolute atomic E-state index is 5.70. The number of methoxy groups -OCH3 is 1. The lowest BCUT2D eigenvalue weighted by molar-refractivity contribution is 0.116. The first-order valence-corrected chi connectivity index (χ1v) is 8.31. The highest BCUT2D eigenvalue weighted by atomic mass is 79.9. The van der Waals surface area contributed by atoms with E-state index in [2.05, 4.69) is 51.4 Å². The lowest BCUT2D eigenvalue weighted by atomic mass is 10.1. The molecule has 1 aliphatic rings. The molecule has 1 unspecified atom stereocenters. The second kappa shape index (κ2) is 8.73. The number of nitrogens with zero attached hydrogens (tertiary/aromatic N) is 1. The van der Waals surface area contributed by atoms with Gasteiger partial charge in [0.1, 0.15) is 0 Å². The van der Waals surface area contributed by atoms with E-state index in [0.29, 0.717) is 6.10 Å². The van der Waals surface area contributed by atoms with Crippen molar-refractivity contribution in [2.45, 2.75) is 25.5 Å². The van der Waals surface area contributed by atoms with Gasteiger partial charge in [-0.15, -0.1) is 0 Å². The van der Waals surface area contributed by atoms with E-state index in [4.69, 9.17) is 9.47 Å². The third kappa shape index (κ3) is 5.25. The molecule has 0 bridgehead atoms. The molecule has 0 spiro atoms. The second-order valence-corrected chi connectivity index (χ2v) is 6.32. The molecular formula is C16H25BrN2O2. The molecule has 1 N–H and O–H groups in total. The molecule has 4 nitrogen and oxygen atoms in total. The molecule has 0 saturated carbocycles. The number of hydrogen-bond donors (Lipinski definition) is 1. The molecular weight excluding hydrogens is 332 g/mol. The van der Waals surface area contributed by atoms with Gasteiger partial charge in [-0.1, -0.05) is 22.0 Å². The first-order valence-electron chi connectivity index (χ1n) is 7.51. The fourth-order valence-corrected chi connectivity index (χ4v) is 3.02. The Labute approximate surface area is 135 Å². The molecule has 118 valence electrons. The van der Waals surface area contributed by atoms with Gasteiger partial charge in [0.2, 0.25) is 0 Å². The van der Waals surface area contributed by atoms with Gasteiger partial charge in [-0.2, -0.15) is 0 Å². The van der Waals surface area contributed by atoms with E-state index >= 15 is 0 Å². The molecule has 1 aromatic rings. The molecule has 21 heavy (non-hydrogen) atoms. The Morgan fingerprint density at radius 3 is 3.00 bits per heavy atom. The van der Waals surface area contributed by atoms with E-state index < -0.39 is 0 Å². The molecule has 0 amide bonds. The van der Waals surface area contributed by atoms with Crippen LogP contribution in [0.1, 0.15) is 18.4 Å². The van der Waals surface area contributed by atoms with Crippen molar-refractivity contribution in [2.24, 2.45) is 0 Å². The molecule has 1 atom stereocenters. The predicted molar refractivity (Wildman–Crippen MR) is 90.0 cm³/mol. The smallest absolute Gasteiger partial charge is 0.0750 e. The summed E-state index contributed by atoms with van der Waals surface area (Å²) in [4.78, 5) is 2.27. The number of anilines is 1. The van der Waals surface area contributed by atoms with Gasteiger partial charge in [0, 0.05) is 50.6 Å². The van der Waals surface area contributed by atoms with E-state index in [1.54, 1.807) is 7.11 Å². The maximum atomic E-state index is 5.70. The third-order valence-corrected chi connectivity index (χ3v) is 4.52. The van der Waals surface area contributed by atoms with Crippen LogP contribution in [-0.4, -0.2) is 46.6 Å². The number of benzene rings is 1. The fraction of sp³-hybridized carbons (Fsp3) is 0.625. The number of nitrogens with one attached hydrogen (secondary N) is 1. The summed E-state index contributed by atoms with van der Waals surface area (Å²) < 4.78 is 11.9. The van der Waals surface area contributed by atoms with Crippen LogP contribution < -0.4 is 10.2 Å². The molecule has 1 saturated heterocycles. The zero-order valence-corrected chi connectivity index (χ0v) is 14.5. The van der Waals surface area contributed by atoms with Crippen LogP contribution in [0.15, 0.2) is 22.7 Å². The number of halogens is 1. The van der Waals surface area contributed by atoms with Gasteiger partial charge in [0.05, 0.1) is 12.7 Å². The van der Waals surface area contributed by atoms with Crippen molar-refractivity contribution in [3.05, 3.63) is 28.2 Å². The van der Waals surface area contributed by atoms with Gasteiger partial charge in [-0.05, 0) is 30.5 Å². The SMILES string of the molecule is COCCNCc1ccc(N(C)CC2CCCO2)cc1Br. The van der Waals surface area contributed by atoms with Crippen molar-refractivity contribution in [3.63, 3.8) is 0 Å². The van der Waals surface area contributed by atoms with Gasteiger partial charge < -0.3 is 19.7 Å². The van der Waals surface area contributed by atoms with Gasteiger partial charge in [-0.25, -0.2) is 0 Å². The van der Waals surface area contributed by atoms with Gasteiger partial charge in [0.15, 0.2) is 0 Å². The Kier molecular flexibility index (Phi) is 6.96. The predicted octanol–water partition coefficient (Wildman–Crippen LogP) is 2.80. The van der Waals surface area contributed by atoms with Crippen LogP contribution in [0.2, 0.25) is 0 Å². The second-order valence-electron chi connectivity index (χ2n) is 5.46. The van der Waals surface area contributed by atoms with Crippen LogP contribution in [0.25, 0.3) is 0 Å². The van der Waals surface area contributed by atoms with Crippen molar-refractivity contribution < 1.29 is 9.47 Å². The van der Waals surface area contributed by atoms with Crippen LogP contribution in [0.4, 0.5) is 5.69 Å². The van der Waals surface area contributed by atoms with Crippen molar-refractivity contribution in [3.8, 4) is 0 Å². The maximum Gasteiger partial charge on any atom is 0.0750 e. The normalized spacial score (nSPS) is 18.1. The lowest BCUT2D eigenvalue weighted by Gasteiger charge is -2.23. The van der Waals surface area contributed by atoms with Crippen molar-refractivity contribution in [1.29, 1.82) is 0 Å². The van der Waals surface area contributed by atoms with Crippen molar-refractivity contribution in [1.82, 2.24) is 5.32 Å². The number of ether oxygens (including phenoxy) is 2. The van der Waals surface area contributed by atoms with E-state index in [1.165, 1.54) is 24.1 Å². The minimum Gasteiger partial charge on any atom is -0.383 e. The Morgan fingerprint density at radius 1 is 1.48 bits per heavy atom. The Balaban J connectivity index is 1.87. The highest BCUT2D eigenvalue weighted by molar-refractivity contribution is 9.10. The summed E-state index contributed by atoms with van der Waals surface area (Å²) in [5.74, 6) is 0. The van der Waals surface area contributed by atoms with Crippen molar-refractivity contribution >= 4 is 21.6 Å². The fourth-order valence-electron chi connectivity index (χ4n) is 2.51. The zero-order chi connectivity index (χ0) is 15.1. The number of rotatable bonds is 8. The average Bonchev–Trinajstić information content (AvgIpc) is 2.97. The van der Waals surface area contributed by atoms with Gasteiger partial charge in [0.25, 0.3) is 0 Å². The highest BCUT2D eigenvalue weighted by Gasteiger charge is 2.17. The van der Waals surface area contributed by atoms with Gasteiger partial charge in [-0.3, -0.25) is 0 Å². The van der Waals surface area contributed by atoms with Crippen LogP contribution in [0.3, 0.4) is 0 Å². The van der Waals surface area contributed by atoms with Gasteiger partial charge >= 0.3 is 0 Å². The van der Waals surface area contributed by atoms with E-state index in [9.17, 15) is 0 Å².